The second-order valence-corrected chi connectivity index (χ2v) is 13.5. The molecule has 0 saturated carbocycles. The molecule has 2 N–H and O–H groups in total. The summed E-state index contributed by atoms with van der Waals surface area (Å²) in [6, 6.07) is 23.8. The minimum absolute atomic E-state index is 0.0231. The van der Waals surface area contributed by atoms with Crippen molar-refractivity contribution in [1.29, 1.82) is 0 Å². The van der Waals surface area contributed by atoms with Gasteiger partial charge in [-0.25, -0.2) is 17.6 Å². The molecule has 2 unspecified atom stereocenters. The first-order valence-electron chi connectivity index (χ1n) is 13.6. The number of benzene rings is 4. The number of sulfonamides is 1. The summed E-state index contributed by atoms with van der Waals surface area (Å²) < 4.78 is 44.8. The molecular weight excluding hydrogens is 671 g/mol. The van der Waals surface area contributed by atoms with Gasteiger partial charge in [-0.3, -0.25) is 4.79 Å². The number of amides is 1. The van der Waals surface area contributed by atoms with Crippen molar-refractivity contribution in [2.75, 3.05) is 0 Å². The number of carboxylic acids is 1. The van der Waals surface area contributed by atoms with Crippen LogP contribution in [0.1, 0.15) is 35.2 Å². The molecule has 0 radical (unpaired) electrons. The Labute approximate surface area is 268 Å². The van der Waals surface area contributed by atoms with Crippen molar-refractivity contribution in [1.82, 2.24) is 9.62 Å². The van der Waals surface area contributed by atoms with Crippen molar-refractivity contribution in [2.24, 2.45) is 0 Å². The second-order valence-electron chi connectivity index (χ2n) is 10.3. The van der Waals surface area contributed by atoms with E-state index in [9.17, 15) is 27.5 Å². The Morgan fingerprint density at radius 2 is 1.64 bits per heavy atom. The Bertz CT molecular complexity index is 1820. The van der Waals surface area contributed by atoms with Gasteiger partial charge in [0.2, 0.25) is 15.9 Å². The molecular formula is C33H27BrClFN2O5S. The lowest BCUT2D eigenvalue weighted by Crippen LogP contribution is -2.48. The van der Waals surface area contributed by atoms with Gasteiger partial charge in [0.15, 0.2) is 0 Å². The lowest BCUT2D eigenvalue weighted by molar-refractivity contribution is -0.141. The minimum atomic E-state index is -4.39. The molecule has 0 fully saturated rings. The van der Waals surface area contributed by atoms with Crippen LogP contribution >= 0.6 is 27.5 Å². The highest BCUT2D eigenvalue weighted by atomic mass is 79.9. The Balaban J connectivity index is 1.65. The van der Waals surface area contributed by atoms with E-state index in [1.165, 1.54) is 16.4 Å². The molecule has 1 aliphatic rings. The Morgan fingerprint density at radius 1 is 0.955 bits per heavy atom. The minimum Gasteiger partial charge on any atom is -0.480 e. The topological polar surface area (TPSA) is 104 Å². The maximum Gasteiger partial charge on any atom is 0.326 e. The lowest BCUT2D eigenvalue weighted by atomic mass is 9.88. The maximum absolute atomic E-state index is 14.5. The number of hydrogen-bond acceptors (Lipinski definition) is 4. The molecule has 44 heavy (non-hydrogen) atoms. The molecule has 4 aromatic carbocycles. The third-order valence-corrected chi connectivity index (χ3v) is 9.97. The first-order chi connectivity index (χ1) is 21.0. The number of rotatable bonds is 9. The molecule has 3 atom stereocenters. The van der Waals surface area contributed by atoms with Gasteiger partial charge in [0.1, 0.15) is 11.9 Å². The van der Waals surface area contributed by atoms with Crippen LogP contribution in [-0.4, -0.2) is 35.7 Å². The van der Waals surface area contributed by atoms with Gasteiger partial charge in [-0.15, -0.1) is 0 Å². The summed E-state index contributed by atoms with van der Waals surface area (Å²) in [5, 5.41) is 12.9. The summed E-state index contributed by atoms with van der Waals surface area (Å²) in [5.41, 5.74) is 1.81. The van der Waals surface area contributed by atoms with Crippen molar-refractivity contribution < 1.29 is 27.5 Å². The predicted octanol–water partition coefficient (Wildman–Crippen LogP) is 6.86. The number of aliphatic carboxylic acids is 1. The average Bonchev–Trinajstić information content (AvgIpc) is 3.00. The highest BCUT2D eigenvalue weighted by Crippen LogP contribution is 2.46. The summed E-state index contributed by atoms with van der Waals surface area (Å²) in [5.74, 6) is -2.57. The molecule has 5 rings (SSSR count). The fourth-order valence-corrected chi connectivity index (χ4v) is 7.71. The first kappa shape index (κ1) is 31.6. The van der Waals surface area contributed by atoms with Crippen LogP contribution in [0.4, 0.5) is 4.39 Å². The average molecular weight is 698 g/mol. The van der Waals surface area contributed by atoms with Gasteiger partial charge >= 0.3 is 5.97 Å². The van der Waals surface area contributed by atoms with E-state index in [-0.39, 0.29) is 23.3 Å². The van der Waals surface area contributed by atoms with Crippen LogP contribution in [0.5, 0.6) is 0 Å². The molecule has 7 nitrogen and oxygen atoms in total. The number of nitrogens with zero attached hydrogens (tertiary/aromatic N) is 1. The van der Waals surface area contributed by atoms with E-state index in [0.717, 1.165) is 16.6 Å². The summed E-state index contributed by atoms with van der Waals surface area (Å²) in [6.45, 7) is 0. The van der Waals surface area contributed by atoms with Crippen molar-refractivity contribution in [2.45, 2.75) is 35.9 Å². The van der Waals surface area contributed by atoms with Crippen molar-refractivity contribution in [3.05, 3.63) is 147 Å². The molecule has 0 aliphatic carbocycles. The van der Waals surface area contributed by atoms with E-state index in [1.807, 2.05) is 6.07 Å². The van der Waals surface area contributed by atoms with Crippen LogP contribution in [0.15, 0.2) is 124 Å². The number of carbonyl (C=O) groups excluding carboxylic acids is 1. The van der Waals surface area contributed by atoms with Crippen LogP contribution in [0.3, 0.4) is 0 Å². The Kier molecular flexibility index (Phi) is 9.65. The molecule has 0 spiro atoms. The third-order valence-electron chi connectivity index (χ3n) is 7.35. The van der Waals surface area contributed by atoms with Gasteiger partial charge in [-0.05, 0) is 71.6 Å². The van der Waals surface area contributed by atoms with Crippen LogP contribution in [0, 0.1) is 5.82 Å². The zero-order valence-electron chi connectivity index (χ0n) is 23.1. The summed E-state index contributed by atoms with van der Waals surface area (Å²) in [7, 11) is -4.39. The fourth-order valence-electron chi connectivity index (χ4n) is 5.31. The van der Waals surface area contributed by atoms with E-state index in [0.29, 0.717) is 21.7 Å². The number of carbonyl (C=O) groups is 2. The number of carboxylic acid groups (broad SMARTS) is 1. The monoisotopic (exact) mass is 696 g/mol. The number of halogens is 3. The SMILES string of the molecule is O=C(N[C@@H](Cc1ccccc1)C(=O)O)C1=CCC(c2cccc(Br)c2)N(S(=O)(=O)c2ccc(F)cc2)C1c1cccc(Cl)c1. The summed E-state index contributed by atoms with van der Waals surface area (Å²) in [4.78, 5) is 26.0. The smallest absolute Gasteiger partial charge is 0.326 e. The zero-order valence-corrected chi connectivity index (χ0v) is 26.3. The number of hydrogen-bond donors (Lipinski definition) is 2. The molecule has 0 aromatic heterocycles. The fraction of sp³-hybridized carbons (Fsp3) is 0.152. The lowest BCUT2D eigenvalue weighted by Gasteiger charge is -2.41. The third kappa shape index (κ3) is 6.94. The largest absolute Gasteiger partial charge is 0.480 e. The molecule has 11 heteroatoms. The van der Waals surface area contributed by atoms with Gasteiger partial charge in [0.25, 0.3) is 0 Å². The summed E-state index contributed by atoms with van der Waals surface area (Å²) >= 11 is 9.83. The van der Waals surface area contributed by atoms with Crippen molar-refractivity contribution in [3.63, 3.8) is 0 Å². The Morgan fingerprint density at radius 3 is 2.30 bits per heavy atom. The van der Waals surface area contributed by atoms with Gasteiger partial charge in [-0.2, -0.15) is 4.31 Å². The predicted molar refractivity (Wildman–Crippen MR) is 169 cm³/mol. The molecule has 0 bridgehead atoms. The first-order valence-corrected chi connectivity index (χ1v) is 16.2. The van der Waals surface area contributed by atoms with Gasteiger partial charge in [0.05, 0.1) is 17.0 Å². The highest BCUT2D eigenvalue weighted by molar-refractivity contribution is 9.10. The summed E-state index contributed by atoms with van der Waals surface area (Å²) in [6.07, 6.45) is 1.77. The van der Waals surface area contributed by atoms with E-state index >= 15 is 0 Å². The quantitative estimate of drug-likeness (QED) is 0.199. The van der Waals surface area contributed by atoms with Gasteiger partial charge in [0, 0.05) is 21.5 Å². The van der Waals surface area contributed by atoms with Gasteiger partial charge in [-0.1, -0.05) is 88.2 Å². The zero-order chi connectivity index (χ0) is 31.4. The van der Waals surface area contributed by atoms with Crippen LogP contribution in [-0.2, 0) is 26.0 Å². The van der Waals surface area contributed by atoms with E-state index < -0.39 is 45.8 Å². The molecule has 226 valence electrons. The van der Waals surface area contributed by atoms with Crippen LogP contribution in [0.2, 0.25) is 5.02 Å². The van der Waals surface area contributed by atoms with Crippen LogP contribution in [0.25, 0.3) is 0 Å². The van der Waals surface area contributed by atoms with Crippen LogP contribution < -0.4 is 5.32 Å². The maximum atomic E-state index is 14.5. The van der Waals surface area contributed by atoms with Gasteiger partial charge < -0.3 is 10.4 Å². The normalized spacial score (nSPS) is 17.8. The molecule has 4 aromatic rings. The van der Waals surface area contributed by atoms with Crippen molar-refractivity contribution >= 4 is 49.4 Å². The van der Waals surface area contributed by atoms with Crippen molar-refractivity contribution in [3.8, 4) is 0 Å². The van der Waals surface area contributed by atoms with E-state index in [1.54, 1.807) is 78.9 Å². The molecule has 1 heterocycles. The molecule has 1 amide bonds. The molecule has 1 aliphatic heterocycles. The van der Waals surface area contributed by atoms with E-state index in [2.05, 4.69) is 21.2 Å². The standard InChI is InChI=1S/C33H27BrClFN2O5S/c34-24-10-4-8-22(19-24)30-17-16-28(32(39)37-29(33(40)41)18-21-6-2-1-3-7-21)31(23-9-5-11-25(35)20-23)38(30)44(42,43)27-14-12-26(36)13-15-27/h1-16,19-20,29-31H,17-18H2,(H,37,39)(H,40,41)/t29-,30?,31?/m0/s1. The molecule has 0 saturated heterocycles. The highest BCUT2D eigenvalue weighted by Gasteiger charge is 2.45. The second kappa shape index (κ2) is 13.4. The number of nitrogens with one attached hydrogen (secondary N) is 1. The van der Waals surface area contributed by atoms with E-state index in [4.69, 9.17) is 11.6 Å². The Hall–Kier alpha value is -3.83.